The summed E-state index contributed by atoms with van der Waals surface area (Å²) in [7, 11) is 0. The summed E-state index contributed by atoms with van der Waals surface area (Å²) in [6.07, 6.45) is 3.00. The minimum Gasteiger partial charge on any atom is -0.623 e. The third-order valence-electron chi connectivity index (χ3n) is 2.51. The summed E-state index contributed by atoms with van der Waals surface area (Å²) < 4.78 is 15.1. The van der Waals surface area contributed by atoms with Crippen LogP contribution in [0.5, 0.6) is 0 Å². The molecule has 0 aliphatic heterocycles. The Balaban J connectivity index is 2.27. The van der Waals surface area contributed by atoms with Gasteiger partial charge in [-0.05, 0) is 24.3 Å². The summed E-state index contributed by atoms with van der Waals surface area (Å²) in [6, 6.07) is 5.87. The highest BCUT2D eigenvalue weighted by Gasteiger charge is 2.18. The summed E-state index contributed by atoms with van der Waals surface area (Å²) in [5.41, 5.74) is 0.607. The summed E-state index contributed by atoms with van der Waals surface area (Å²) in [4.78, 5) is 0. The molecule has 0 unspecified atom stereocenters. The number of rotatable bonds is 2. The van der Waals surface area contributed by atoms with Crippen molar-refractivity contribution in [3.8, 4) is 5.69 Å². The van der Waals surface area contributed by atoms with E-state index < -0.39 is 5.54 Å². The summed E-state index contributed by atoms with van der Waals surface area (Å²) in [5.74, 6) is -0.311. The molecule has 6 heteroatoms. The number of hydrogen-bond donors (Lipinski definition) is 0. The van der Waals surface area contributed by atoms with Crippen LogP contribution in [0.1, 0.15) is 26.5 Å². The van der Waals surface area contributed by atoms with Crippen LogP contribution < -0.4 is 0 Å². The fourth-order valence-electron chi connectivity index (χ4n) is 1.37. The molecule has 0 radical (unpaired) electrons. The van der Waals surface area contributed by atoms with E-state index in [0.717, 1.165) is 4.74 Å². The van der Waals surface area contributed by atoms with Crippen molar-refractivity contribution in [2.45, 2.75) is 26.3 Å². The van der Waals surface area contributed by atoms with Gasteiger partial charge in [0.2, 0.25) is 6.21 Å². The molecule has 0 saturated heterocycles. The van der Waals surface area contributed by atoms with E-state index in [1.165, 1.54) is 23.0 Å². The van der Waals surface area contributed by atoms with Crippen LogP contribution in [0.4, 0.5) is 4.39 Å². The smallest absolute Gasteiger partial charge is 0.204 e. The Kier molecular flexibility index (Phi) is 3.33. The Hall–Kier alpha value is -2.24. The zero-order valence-corrected chi connectivity index (χ0v) is 11.0. The highest BCUT2D eigenvalue weighted by molar-refractivity contribution is 5.72. The maximum Gasteiger partial charge on any atom is 0.204 e. The van der Waals surface area contributed by atoms with Crippen LogP contribution in [0.2, 0.25) is 0 Å². The van der Waals surface area contributed by atoms with Gasteiger partial charge >= 0.3 is 0 Å². The standard InChI is InChI=1S/C13H15FN4O/c1-13(2,3)18(19)9-11-8-17(16-15-11)12-6-4-10(14)5-7-12/h4-9H,1-3H3/b18-9-. The molecular weight excluding hydrogens is 247 g/mol. The molecule has 0 fully saturated rings. The van der Waals surface area contributed by atoms with E-state index >= 15 is 0 Å². The van der Waals surface area contributed by atoms with E-state index in [1.807, 2.05) is 0 Å². The van der Waals surface area contributed by atoms with Crippen molar-refractivity contribution in [2.75, 3.05) is 0 Å². The lowest BCUT2D eigenvalue weighted by Crippen LogP contribution is -2.29. The number of hydrogen-bond acceptors (Lipinski definition) is 3. The quantitative estimate of drug-likeness (QED) is 0.360. The van der Waals surface area contributed by atoms with Gasteiger partial charge in [-0.3, -0.25) is 0 Å². The van der Waals surface area contributed by atoms with Crippen molar-refractivity contribution in [1.29, 1.82) is 0 Å². The van der Waals surface area contributed by atoms with Crippen molar-refractivity contribution in [1.82, 2.24) is 15.0 Å². The van der Waals surface area contributed by atoms with Crippen LogP contribution in [0.25, 0.3) is 5.69 Å². The van der Waals surface area contributed by atoms with Crippen molar-refractivity contribution >= 4 is 6.21 Å². The molecule has 0 aliphatic rings. The van der Waals surface area contributed by atoms with Crippen LogP contribution in [0.3, 0.4) is 0 Å². The molecule has 19 heavy (non-hydrogen) atoms. The molecular formula is C13H15FN4O. The van der Waals surface area contributed by atoms with E-state index in [4.69, 9.17) is 0 Å². The lowest BCUT2D eigenvalue weighted by atomic mass is 10.1. The maximum absolute atomic E-state index is 12.8. The van der Waals surface area contributed by atoms with Crippen LogP contribution in [0, 0.1) is 11.0 Å². The molecule has 0 amide bonds. The van der Waals surface area contributed by atoms with E-state index in [-0.39, 0.29) is 5.82 Å². The van der Waals surface area contributed by atoms with Gasteiger partial charge in [0.25, 0.3) is 0 Å². The maximum atomic E-state index is 12.8. The number of aromatic nitrogens is 3. The Bertz CT molecular complexity index is 596. The Morgan fingerprint density at radius 1 is 1.26 bits per heavy atom. The average Bonchev–Trinajstić information content (AvgIpc) is 2.77. The van der Waals surface area contributed by atoms with Gasteiger partial charge in [-0.15, -0.1) is 5.10 Å². The van der Waals surface area contributed by atoms with Gasteiger partial charge in [-0.25, -0.2) is 13.8 Å². The predicted octanol–water partition coefficient (Wildman–Crippen LogP) is 2.13. The van der Waals surface area contributed by atoms with Crippen LogP contribution >= 0.6 is 0 Å². The predicted molar refractivity (Wildman–Crippen MR) is 69.9 cm³/mol. The van der Waals surface area contributed by atoms with E-state index in [1.54, 1.807) is 39.1 Å². The number of halogens is 1. The molecule has 0 bridgehead atoms. The second kappa shape index (κ2) is 4.79. The molecule has 2 aromatic rings. The largest absolute Gasteiger partial charge is 0.623 e. The molecule has 0 spiro atoms. The fourth-order valence-corrected chi connectivity index (χ4v) is 1.37. The van der Waals surface area contributed by atoms with Crippen molar-refractivity contribution in [2.24, 2.45) is 0 Å². The minimum absolute atomic E-state index is 0.311. The molecule has 0 saturated carbocycles. The first-order valence-corrected chi connectivity index (χ1v) is 5.86. The van der Waals surface area contributed by atoms with Gasteiger partial charge in [0.15, 0.2) is 11.2 Å². The molecule has 1 aromatic carbocycles. The molecule has 0 N–H and O–H groups in total. The molecule has 0 atom stereocenters. The lowest BCUT2D eigenvalue weighted by molar-refractivity contribution is -0.530. The molecule has 1 heterocycles. The van der Waals surface area contributed by atoms with E-state index in [9.17, 15) is 9.60 Å². The molecule has 2 rings (SSSR count). The second-order valence-electron chi connectivity index (χ2n) is 5.19. The highest BCUT2D eigenvalue weighted by atomic mass is 19.1. The Labute approximate surface area is 110 Å². The summed E-state index contributed by atoms with van der Waals surface area (Å²) >= 11 is 0. The Morgan fingerprint density at radius 2 is 1.89 bits per heavy atom. The highest BCUT2D eigenvalue weighted by Crippen LogP contribution is 2.09. The molecule has 1 aromatic heterocycles. The van der Waals surface area contributed by atoms with E-state index in [2.05, 4.69) is 10.3 Å². The number of benzene rings is 1. The van der Waals surface area contributed by atoms with Crippen molar-refractivity contribution in [3.05, 3.63) is 47.2 Å². The molecule has 5 nitrogen and oxygen atoms in total. The first kappa shape index (κ1) is 13.2. The van der Waals surface area contributed by atoms with Crippen LogP contribution in [-0.4, -0.2) is 31.5 Å². The van der Waals surface area contributed by atoms with Gasteiger partial charge in [-0.2, -0.15) is 0 Å². The van der Waals surface area contributed by atoms with Gasteiger partial charge in [-0.1, -0.05) is 5.21 Å². The normalized spacial score (nSPS) is 12.7. The molecule has 0 aliphatic carbocycles. The van der Waals surface area contributed by atoms with Crippen molar-refractivity contribution < 1.29 is 9.13 Å². The monoisotopic (exact) mass is 262 g/mol. The third kappa shape index (κ3) is 3.15. The van der Waals surface area contributed by atoms with Gasteiger partial charge in [0.1, 0.15) is 5.82 Å². The fraction of sp³-hybridized carbons (Fsp3) is 0.308. The van der Waals surface area contributed by atoms with E-state index in [0.29, 0.717) is 11.4 Å². The summed E-state index contributed by atoms with van der Waals surface area (Å²) in [6.45, 7) is 5.42. The second-order valence-corrected chi connectivity index (χ2v) is 5.19. The average molecular weight is 262 g/mol. The van der Waals surface area contributed by atoms with Crippen LogP contribution in [0.15, 0.2) is 30.5 Å². The molecule has 100 valence electrons. The topological polar surface area (TPSA) is 56.8 Å². The zero-order chi connectivity index (χ0) is 14.0. The zero-order valence-electron chi connectivity index (χ0n) is 11.0. The number of nitrogens with zero attached hydrogens (tertiary/aromatic N) is 4. The first-order valence-electron chi connectivity index (χ1n) is 5.86. The van der Waals surface area contributed by atoms with Crippen molar-refractivity contribution in [3.63, 3.8) is 0 Å². The van der Waals surface area contributed by atoms with Gasteiger partial charge in [0, 0.05) is 20.8 Å². The summed E-state index contributed by atoms with van der Waals surface area (Å²) in [5, 5.41) is 19.5. The lowest BCUT2D eigenvalue weighted by Gasteiger charge is -2.17. The van der Waals surface area contributed by atoms with Crippen LogP contribution in [-0.2, 0) is 0 Å². The van der Waals surface area contributed by atoms with Gasteiger partial charge in [0.05, 0.1) is 11.9 Å². The SMILES string of the molecule is CC(C)(C)/[N+]([O-])=C/c1cn(-c2ccc(F)cc2)nn1. The third-order valence-corrected chi connectivity index (χ3v) is 2.51. The Morgan fingerprint density at radius 3 is 2.47 bits per heavy atom. The first-order chi connectivity index (χ1) is 8.86. The van der Waals surface area contributed by atoms with Gasteiger partial charge < -0.3 is 5.21 Å². The minimum atomic E-state index is -0.528. The number of hydroxylamine groups is 1.